The van der Waals surface area contributed by atoms with E-state index in [1.54, 1.807) is 5.57 Å². The van der Waals surface area contributed by atoms with E-state index in [9.17, 15) is 4.79 Å². The molecule has 0 aromatic carbocycles. The standard InChI is InChI=1S/C12H21NO2/c1-10(9-12(14)15-2)13-8-7-11-5-3-4-6-11/h5,10,13H,3-4,6-9H2,1-2H3. The largest absolute Gasteiger partial charge is 0.469 e. The van der Waals surface area contributed by atoms with Crippen LogP contribution in [0.25, 0.3) is 0 Å². The summed E-state index contributed by atoms with van der Waals surface area (Å²) in [5.74, 6) is -0.143. The van der Waals surface area contributed by atoms with E-state index in [1.807, 2.05) is 6.92 Å². The Morgan fingerprint density at radius 3 is 3.07 bits per heavy atom. The molecule has 1 rings (SSSR count). The lowest BCUT2D eigenvalue weighted by Gasteiger charge is -2.12. The lowest BCUT2D eigenvalue weighted by molar-refractivity contribution is -0.141. The molecule has 3 nitrogen and oxygen atoms in total. The van der Waals surface area contributed by atoms with Gasteiger partial charge >= 0.3 is 5.97 Å². The van der Waals surface area contributed by atoms with Gasteiger partial charge in [0.1, 0.15) is 0 Å². The van der Waals surface area contributed by atoms with E-state index in [1.165, 1.54) is 26.4 Å². The van der Waals surface area contributed by atoms with E-state index in [4.69, 9.17) is 0 Å². The highest BCUT2D eigenvalue weighted by Gasteiger charge is 2.09. The van der Waals surface area contributed by atoms with E-state index in [-0.39, 0.29) is 12.0 Å². The zero-order valence-corrected chi connectivity index (χ0v) is 9.71. The summed E-state index contributed by atoms with van der Waals surface area (Å²) in [5.41, 5.74) is 1.56. The van der Waals surface area contributed by atoms with Crippen LogP contribution in [0.5, 0.6) is 0 Å². The number of nitrogens with one attached hydrogen (secondary N) is 1. The second kappa shape index (κ2) is 6.62. The van der Waals surface area contributed by atoms with Crippen LogP contribution in [-0.2, 0) is 9.53 Å². The SMILES string of the molecule is COC(=O)CC(C)NCCC1=CCCC1. The molecule has 0 saturated carbocycles. The monoisotopic (exact) mass is 211 g/mol. The van der Waals surface area contributed by atoms with Crippen molar-refractivity contribution < 1.29 is 9.53 Å². The van der Waals surface area contributed by atoms with Gasteiger partial charge in [0, 0.05) is 6.04 Å². The van der Waals surface area contributed by atoms with Crippen molar-refractivity contribution in [3.05, 3.63) is 11.6 Å². The topological polar surface area (TPSA) is 38.3 Å². The number of esters is 1. The summed E-state index contributed by atoms with van der Waals surface area (Å²) in [5, 5.41) is 3.33. The highest BCUT2D eigenvalue weighted by atomic mass is 16.5. The summed E-state index contributed by atoms with van der Waals surface area (Å²) in [4.78, 5) is 11.0. The predicted molar refractivity (Wildman–Crippen MR) is 60.6 cm³/mol. The van der Waals surface area contributed by atoms with E-state index < -0.39 is 0 Å². The van der Waals surface area contributed by atoms with Crippen LogP contribution in [0, 0.1) is 0 Å². The van der Waals surface area contributed by atoms with E-state index in [0.717, 1.165) is 13.0 Å². The second-order valence-electron chi connectivity index (χ2n) is 4.14. The number of rotatable bonds is 6. The van der Waals surface area contributed by atoms with Crippen LogP contribution in [0.3, 0.4) is 0 Å². The molecule has 86 valence electrons. The quantitative estimate of drug-likeness (QED) is 0.539. The van der Waals surface area contributed by atoms with Gasteiger partial charge < -0.3 is 10.1 Å². The first-order chi connectivity index (χ1) is 7.22. The molecule has 3 heteroatoms. The van der Waals surface area contributed by atoms with Crippen LogP contribution in [0.15, 0.2) is 11.6 Å². The van der Waals surface area contributed by atoms with Gasteiger partial charge in [0.2, 0.25) is 0 Å². The fourth-order valence-corrected chi connectivity index (χ4v) is 1.85. The summed E-state index contributed by atoms with van der Waals surface area (Å²) >= 11 is 0. The molecule has 1 atom stereocenters. The number of allylic oxidation sites excluding steroid dienone is 1. The molecular formula is C12H21NO2. The van der Waals surface area contributed by atoms with E-state index in [2.05, 4.69) is 16.1 Å². The van der Waals surface area contributed by atoms with Gasteiger partial charge in [-0.3, -0.25) is 4.79 Å². The number of ether oxygens (including phenoxy) is 1. The van der Waals surface area contributed by atoms with Crippen LogP contribution < -0.4 is 5.32 Å². The third-order valence-corrected chi connectivity index (χ3v) is 2.77. The van der Waals surface area contributed by atoms with Crippen molar-refractivity contribution in [2.75, 3.05) is 13.7 Å². The lowest BCUT2D eigenvalue weighted by Crippen LogP contribution is -2.29. The molecule has 0 spiro atoms. The Labute approximate surface area is 91.9 Å². The number of carbonyl (C=O) groups excluding carboxylic acids is 1. The van der Waals surface area contributed by atoms with Crippen LogP contribution in [0.1, 0.15) is 39.0 Å². The Balaban J connectivity index is 2.06. The molecule has 0 aliphatic heterocycles. The minimum Gasteiger partial charge on any atom is -0.469 e. The smallest absolute Gasteiger partial charge is 0.307 e. The van der Waals surface area contributed by atoms with E-state index >= 15 is 0 Å². The maximum Gasteiger partial charge on any atom is 0.307 e. The molecule has 0 aromatic rings. The zero-order chi connectivity index (χ0) is 11.1. The second-order valence-corrected chi connectivity index (χ2v) is 4.14. The summed E-state index contributed by atoms with van der Waals surface area (Å²) < 4.78 is 4.61. The van der Waals surface area contributed by atoms with Gasteiger partial charge in [0.25, 0.3) is 0 Å². The Hall–Kier alpha value is -0.830. The van der Waals surface area contributed by atoms with Crippen LogP contribution in [0.2, 0.25) is 0 Å². The number of methoxy groups -OCH3 is 1. The van der Waals surface area contributed by atoms with Gasteiger partial charge in [0.05, 0.1) is 13.5 Å². The van der Waals surface area contributed by atoms with Gasteiger partial charge in [-0.15, -0.1) is 0 Å². The average Bonchev–Trinajstić information content (AvgIpc) is 2.70. The fraction of sp³-hybridized carbons (Fsp3) is 0.750. The summed E-state index contributed by atoms with van der Waals surface area (Å²) in [6, 6.07) is 0.208. The van der Waals surface area contributed by atoms with Crippen LogP contribution in [0.4, 0.5) is 0 Å². The summed E-state index contributed by atoms with van der Waals surface area (Å²) in [6.07, 6.45) is 7.72. The van der Waals surface area contributed by atoms with Crippen molar-refractivity contribution in [3.8, 4) is 0 Å². The van der Waals surface area contributed by atoms with E-state index in [0.29, 0.717) is 6.42 Å². The molecule has 0 aromatic heterocycles. The first-order valence-electron chi connectivity index (χ1n) is 5.70. The average molecular weight is 211 g/mol. The zero-order valence-electron chi connectivity index (χ0n) is 9.71. The highest BCUT2D eigenvalue weighted by molar-refractivity contribution is 5.69. The molecule has 0 bridgehead atoms. The molecule has 1 aliphatic rings. The molecule has 1 N–H and O–H groups in total. The summed E-state index contributed by atoms with van der Waals surface area (Å²) in [7, 11) is 1.43. The fourth-order valence-electron chi connectivity index (χ4n) is 1.85. The highest BCUT2D eigenvalue weighted by Crippen LogP contribution is 2.19. The molecular weight excluding hydrogens is 190 g/mol. The molecule has 0 heterocycles. The number of hydrogen-bond acceptors (Lipinski definition) is 3. The van der Waals surface area contributed by atoms with Crippen molar-refractivity contribution in [2.24, 2.45) is 0 Å². The number of hydrogen-bond donors (Lipinski definition) is 1. The Kier molecular flexibility index (Phi) is 5.40. The molecule has 1 unspecified atom stereocenters. The molecule has 0 radical (unpaired) electrons. The van der Waals surface area contributed by atoms with Crippen molar-refractivity contribution in [3.63, 3.8) is 0 Å². The van der Waals surface area contributed by atoms with Crippen molar-refractivity contribution >= 4 is 5.97 Å². The first kappa shape index (κ1) is 12.2. The third kappa shape index (κ3) is 4.98. The maximum absolute atomic E-state index is 11.0. The van der Waals surface area contributed by atoms with Crippen molar-refractivity contribution in [1.29, 1.82) is 0 Å². The minimum absolute atomic E-state index is 0.143. The Morgan fingerprint density at radius 1 is 1.67 bits per heavy atom. The van der Waals surface area contributed by atoms with Gasteiger partial charge in [-0.25, -0.2) is 0 Å². The maximum atomic E-state index is 11.0. The Morgan fingerprint density at radius 2 is 2.47 bits per heavy atom. The van der Waals surface area contributed by atoms with Crippen LogP contribution in [-0.4, -0.2) is 25.7 Å². The Bertz CT molecular complexity index is 236. The van der Waals surface area contributed by atoms with Gasteiger partial charge in [0.15, 0.2) is 0 Å². The summed E-state index contributed by atoms with van der Waals surface area (Å²) in [6.45, 7) is 2.98. The number of carbonyl (C=O) groups is 1. The lowest BCUT2D eigenvalue weighted by atomic mass is 10.1. The predicted octanol–water partition coefficient (Wildman–Crippen LogP) is 2.03. The minimum atomic E-state index is -0.143. The van der Waals surface area contributed by atoms with Gasteiger partial charge in [-0.05, 0) is 39.2 Å². The first-order valence-corrected chi connectivity index (χ1v) is 5.70. The molecule has 0 fully saturated rings. The van der Waals surface area contributed by atoms with Gasteiger partial charge in [-0.1, -0.05) is 11.6 Å². The molecule has 0 saturated heterocycles. The molecule has 0 amide bonds. The molecule has 1 aliphatic carbocycles. The van der Waals surface area contributed by atoms with Crippen molar-refractivity contribution in [1.82, 2.24) is 5.32 Å². The van der Waals surface area contributed by atoms with Gasteiger partial charge in [-0.2, -0.15) is 0 Å². The third-order valence-electron chi connectivity index (χ3n) is 2.77. The normalized spacial score (nSPS) is 17.3. The van der Waals surface area contributed by atoms with Crippen LogP contribution >= 0.6 is 0 Å². The van der Waals surface area contributed by atoms with Crippen molar-refractivity contribution in [2.45, 2.75) is 45.1 Å². The molecule has 15 heavy (non-hydrogen) atoms.